The summed E-state index contributed by atoms with van der Waals surface area (Å²) in [6.07, 6.45) is 2.02. The second kappa shape index (κ2) is 7.18. The number of unbranched alkanes of at least 4 members (excludes halogenated alkanes) is 1. The van der Waals surface area contributed by atoms with E-state index in [9.17, 15) is 0 Å². The van der Waals surface area contributed by atoms with Gasteiger partial charge >= 0.3 is 0 Å². The largest absolute Gasteiger partial charge is 0.493 e. The van der Waals surface area contributed by atoms with Crippen molar-refractivity contribution in [3.63, 3.8) is 0 Å². The first-order chi connectivity index (χ1) is 7.65. The lowest BCUT2D eigenvalue weighted by Crippen LogP contribution is -2.01. The second-order valence-corrected chi connectivity index (χ2v) is 5.38. The summed E-state index contributed by atoms with van der Waals surface area (Å²) in [5.41, 5.74) is 1.25. The zero-order valence-corrected chi connectivity index (χ0v) is 12.1. The van der Waals surface area contributed by atoms with Gasteiger partial charge in [0.15, 0.2) is 0 Å². The molecule has 3 heteroatoms. The van der Waals surface area contributed by atoms with Crippen LogP contribution in [-0.4, -0.2) is 12.5 Å². The zero-order valence-electron chi connectivity index (χ0n) is 9.80. The molecule has 0 radical (unpaired) electrons. The van der Waals surface area contributed by atoms with Crippen molar-refractivity contribution in [2.45, 2.75) is 32.6 Å². The molecular formula is C13H18BrClO. The highest BCUT2D eigenvalue weighted by atomic mass is 79.9. The summed E-state index contributed by atoms with van der Waals surface area (Å²) in [4.78, 5) is 0. The van der Waals surface area contributed by atoms with E-state index < -0.39 is 0 Å². The molecule has 0 N–H and O–H groups in total. The van der Waals surface area contributed by atoms with E-state index in [4.69, 9.17) is 16.3 Å². The fourth-order valence-corrected chi connectivity index (χ4v) is 2.05. The van der Waals surface area contributed by atoms with Gasteiger partial charge in [-0.15, -0.1) is 11.6 Å². The van der Waals surface area contributed by atoms with Crippen molar-refractivity contribution in [2.24, 2.45) is 0 Å². The molecule has 90 valence electrons. The van der Waals surface area contributed by atoms with Crippen molar-refractivity contribution in [2.75, 3.05) is 12.5 Å². The van der Waals surface area contributed by atoms with Gasteiger partial charge < -0.3 is 4.74 Å². The van der Waals surface area contributed by atoms with Crippen molar-refractivity contribution >= 4 is 27.5 Å². The SMILES string of the molecule is CC(C)c1cc(Br)ccc1OCCCCCl. The topological polar surface area (TPSA) is 9.23 Å². The van der Waals surface area contributed by atoms with E-state index in [1.165, 1.54) is 5.56 Å². The molecule has 0 unspecified atom stereocenters. The van der Waals surface area contributed by atoms with Gasteiger partial charge in [-0.3, -0.25) is 0 Å². The molecule has 1 aromatic rings. The van der Waals surface area contributed by atoms with Crippen LogP contribution in [0.5, 0.6) is 5.75 Å². The van der Waals surface area contributed by atoms with E-state index in [0.29, 0.717) is 11.8 Å². The number of hydrogen-bond donors (Lipinski definition) is 0. The molecule has 0 aliphatic carbocycles. The van der Waals surface area contributed by atoms with Crippen molar-refractivity contribution < 1.29 is 4.74 Å². The molecule has 0 heterocycles. The van der Waals surface area contributed by atoms with Gasteiger partial charge in [0.05, 0.1) is 6.61 Å². The van der Waals surface area contributed by atoms with Crippen LogP contribution in [-0.2, 0) is 0 Å². The molecule has 1 rings (SSSR count). The van der Waals surface area contributed by atoms with Gasteiger partial charge in [-0.05, 0) is 42.5 Å². The van der Waals surface area contributed by atoms with E-state index in [0.717, 1.165) is 29.7 Å². The molecule has 0 atom stereocenters. The minimum absolute atomic E-state index is 0.473. The summed E-state index contributed by atoms with van der Waals surface area (Å²) >= 11 is 9.11. The third-order valence-corrected chi connectivity index (χ3v) is 3.14. The lowest BCUT2D eigenvalue weighted by Gasteiger charge is -2.14. The van der Waals surface area contributed by atoms with E-state index in [1.807, 2.05) is 12.1 Å². The Bertz CT molecular complexity index is 326. The lowest BCUT2D eigenvalue weighted by molar-refractivity contribution is 0.305. The number of rotatable bonds is 6. The Morgan fingerprint density at radius 3 is 2.69 bits per heavy atom. The Balaban J connectivity index is 2.64. The van der Waals surface area contributed by atoms with Crippen LogP contribution in [0.25, 0.3) is 0 Å². The van der Waals surface area contributed by atoms with Gasteiger partial charge in [0.25, 0.3) is 0 Å². The van der Waals surface area contributed by atoms with Gasteiger partial charge in [0, 0.05) is 10.4 Å². The van der Waals surface area contributed by atoms with Gasteiger partial charge in [0.2, 0.25) is 0 Å². The number of alkyl halides is 1. The van der Waals surface area contributed by atoms with Crippen LogP contribution in [0.1, 0.15) is 38.2 Å². The summed E-state index contributed by atoms with van der Waals surface area (Å²) in [6.45, 7) is 5.09. The molecule has 0 spiro atoms. The molecular weight excluding hydrogens is 287 g/mol. The maximum absolute atomic E-state index is 5.78. The van der Waals surface area contributed by atoms with E-state index >= 15 is 0 Å². The van der Waals surface area contributed by atoms with Crippen molar-refractivity contribution in [3.05, 3.63) is 28.2 Å². The Morgan fingerprint density at radius 1 is 1.31 bits per heavy atom. The summed E-state index contributed by atoms with van der Waals surface area (Å²) < 4.78 is 6.88. The fraction of sp³-hybridized carbons (Fsp3) is 0.538. The first-order valence-corrected chi connectivity index (χ1v) is 6.96. The quantitative estimate of drug-likeness (QED) is 0.532. The number of halogens is 2. The molecule has 0 bridgehead atoms. The number of hydrogen-bond acceptors (Lipinski definition) is 1. The molecule has 1 nitrogen and oxygen atoms in total. The molecule has 16 heavy (non-hydrogen) atoms. The van der Waals surface area contributed by atoms with Gasteiger partial charge in [-0.2, -0.15) is 0 Å². The Morgan fingerprint density at radius 2 is 2.06 bits per heavy atom. The Labute approximate surface area is 111 Å². The molecule has 0 aliphatic rings. The fourth-order valence-electron chi connectivity index (χ4n) is 1.48. The average molecular weight is 306 g/mol. The predicted octanol–water partition coefficient (Wildman–Crippen LogP) is 4.97. The van der Waals surface area contributed by atoms with Gasteiger partial charge in [-0.1, -0.05) is 29.8 Å². The highest BCUT2D eigenvalue weighted by Gasteiger charge is 2.08. The molecule has 0 fully saturated rings. The molecule has 0 saturated carbocycles. The number of ether oxygens (including phenoxy) is 1. The summed E-state index contributed by atoms with van der Waals surface area (Å²) in [5, 5.41) is 0. The van der Waals surface area contributed by atoms with Gasteiger partial charge in [0.1, 0.15) is 5.75 Å². The molecule has 1 aromatic carbocycles. The van der Waals surface area contributed by atoms with Crippen LogP contribution in [0.3, 0.4) is 0 Å². The van der Waals surface area contributed by atoms with Crippen LogP contribution in [0.15, 0.2) is 22.7 Å². The van der Waals surface area contributed by atoms with E-state index in [2.05, 4.69) is 35.8 Å². The third kappa shape index (κ3) is 4.34. The molecule has 0 aliphatic heterocycles. The Kier molecular flexibility index (Phi) is 6.22. The van der Waals surface area contributed by atoms with Crippen molar-refractivity contribution in [3.8, 4) is 5.75 Å². The minimum atomic E-state index is 0.473. The number of benzene rings is 1. The average Bonchev–Trinajstić information content (AvgIpc) is 2.26. The van der Waals surface area contributed by atoms with E-state index in [-0.39, 0.29) is 0 Å². The second-order valence-electron chi connectivity index (χ2n) is 4.08. The summed E-state index contributed by atoms with van der Waals surface area (Å²) in [7, 11) is 0. The summed E-state index contributed by atoms with van der Waals surface area (Å²) in [6, 6.07) is 6.17. The standard InChI is InChI=1S/C13H18BrClO/c1-10(2)12-9-11(14)5-6-13(12)16-8-4-3-7-15/h5-6,9-10H,3-4,7-8H2,1-2H3. The van der Waals surface area contributed by atoms with Crippen LogP contribution in [0.4, 0.5) is 0 Å². The van der Waals surface area contributed by atoms with Crippen LogP contribution < -0.4 is 4.74 Å². The lowest BCUT2D eigenvalue weighted by atomic mass is 10.0. The molecule has 0 saturated heterocycles. The minimum Gasteiger partial charge on any atom is -0.493 e. The summed E-state index contributed by atoms with van der Waals surface area (Å²) in [5.74, 6) is 2.18. The highest BCUT2D eigenvalue weighted by Crippen LogP contribution is 2.29. The smallest absolute Gasteiger partial charge is 0.122 e. The van der Waals surface area contributed by atoms with Crippen molar-refractivity contribution in [1.29, 1.82) is 0 Å². The third-order valence-electron chi connectivity index (χ3n) is 2.38. The van der Waals surface area contributed by atoms with Crippen LogP contribution in [0, 0.1) is 0 Å². The molecule has 0 aromatic heterocycles. The van der Waals surface area contributed by atoms with Crippen LogP contribution >= 0.6 is 27.5 Å². The predicted molar refractivity (Wildman–Crippen MR) is 73.7 cm³/mol. The maximum atomic E-state index is 5.78. The normalized spacial score (nSPS) is 10.8. The van der Waals surface area contributed by atoms with Crippen molar-refractivity contribution in [1.82, 2.24) is 0 Å². The Hall–Kier alpha value is -0.210. The van der Waals surface area contributed by atoms with Crippen LogP contribution in [0.2, 0.25) is 0 Å². The maximum Gasteiger partial charge on any atom is 0.122 e. The molecule has 0 amide bonds. The van der Waals surface area contributed by atoms with E-state index in [1.54, 1.807) is 0 Å². The monoisotopic (exact) mass is 304 g/mol. The first kappa shape index (κ1) is 13.9. The highest BCUT2D eigenvalue weighted by molar-refractivity contribution is 9.10. The van der Waals surface area contributed by atoms with Gasteiger partial charge in [-0.25, -0.2) is 0 Å². The first-order valence-electron chi connectivity index (χ1n) is 5.63. The zero-order chi connectivity index (χ0) is 12.0.